The van der Waals surface area contributed by atoms with Gasteiger partial charge in [-0.2, -0.15) is 10.2 Å². The van der Waals surface area contributed by atoms with E-state index in [4.69, 9.17) is 14.4 Å². The zero-order chi connectivity index (χ0) is 52.2. The van der Waals surface area contributed by atoms with E-state index in [0.717, 1.165) is 42.1 Å². The van der Waals surface area contributed by atoms with E-state index in [1.165, 1.54) is 21.5 Å². The van der Waals surface area contributed by atoms with Crippen LogP contribution in [0.3, 0.4) is 0 Å². The number of aromatic nitrogens is 9. The first kappa shape index (κ1) is 47.3. The highest BCUT2D eigenvalue weighted by atomic mass is 19.1. The molecule has 0 radical (unpaired) electrons. The number of piperidine rings is 1. The average Bonchev–Trinajstić information content (AvgIpc) is 3.96. The van der Waals surface area contributed by atoms with Gasteiger partial charge in [-0.25, -0.2) is 23.1 Å². The number of benzene rings is 3. The minimum Gasteiger partial charge on any atom is -0.376 e. The maximum absolute atomic E-state index is 16.5. The van der Waals surface area contributed by atoms with Gasteiger partial charge in [0.25, 0.3) is 5.91 Å². The molecule has 3 aliphatic heterocycles. The first-order valence-corrected chi connectivity index (χ1v) is 26.2. The van der Waals surface area contributed by atoms with Gasteiger partial charge >= 0.3 is 11.4 Å². The highest BCUT2D eigenvalue weighted by molar-refractivity contribution is 6.00. The Hall–Kier alpha value is -7.41. The standard InChI is InChI=1S/C56H59F2N11O6/c1-30-22-38(23-31(2)45(30)57)69-48(66-20-19-65(53(66)73)42-13-12-41-39(46(42)58)28-59-63(41)7)44-33(4)67(29-55(47(44)61-69)15-17-64(18-16-55)49(70)34-8-9-34)50(71)43-25-37-24-35(36-14-21-74-54(5,6)27-36)10-11-40(37)68(43)56(26-32(56)3)51-60-52(72)75-62-51/h10-13,19-20,22-25,28,32-34,36H,8-9,14-18,21,26-27,29H2,1-7H3,(H,60,62,72)/t32-,33-,36-,56-/m0/s1. The Morgan fingerprint density at radius 3 is 2.28 bits per heavy atom. The number of hydrogen-bond acceptors (Lipinski definition) is 9. The molecule has 8 heterocycles. The smallest absolute Gasteiger partial charge is 0.376 e. The average molecular weight is 1020 g/mol. The van der Waals surface area contributed by atoms with Crippen LogP contribution in [0.1, 0.15) is 129 Å². The maximum atomic E-state index is 16.5. The van der Waals surface area contributed by atoms with Crippen molar-refractivity contribution in [2.24, 2.45) is 18.9 Å². The van der Waals surface area contributed by atoms with Gasteiger partial charge in [0.05, 0.1) is 45.8 Å². The molecule has 4 atom stereocenters. The number of aromatic amines is 1. The molecule has 17 nitrogen and oxygen atoms in total. The lowest BCUT2D eigenvalue weighted by Gasteiger charge is -2.49. The summed E-state index contributed by atoms with van der Waals surface area (Å²) in [5.74, 6) is -0.974. The second-order valence-corrected chi connectivity index (χ2v) is 22.8. The van der Waals surface area contributed by atoms with Crippen molar-refractivity contribution in [3.8, 4) is 17.2 Å². The molecule has 2 saturated heterocycles. The van der Waals surface area contributed by atoms with Crippen LogP contribution < -0.4 is 11.4 Å². The van der Waals surface area contributed by atoms with E-state index >= 15 is 18.4 Å². The topological polar surface area (TPSA) is 176 Å². The van der Waals surface area contributed by atoms with Crippen LogP contribution in [0.25, 0.3) is 39.0 Å². The van der Waals surface area contributed by atoms with E-state index < -0.39 is 34.3 Å². The lowest BCUT2D eigenvalue weighted by Crippen LogP contribution is -2.55. The maximum Gasteiger partial charge on any atom is 0.438 e. The Kier molecular flexibility index (Phi) is 10.4. The Morgan fingerprint density at radius 2 is 1.60 bits per heavy atom. The fraction of sp³-hybridized carbons (Fsp3) is 0.446. The number of likely N-dealkylation sites (tertiary alicyclic amines) is 1. The number of imidazole rings is 1. The lowest BCUT2D eigenvalue weighted by atomic mass is 9.70. The van der Waals surface area contributed by atoms with Crippen molar-refractivity contribution >= 4 is 33.6 Å². The number of halogens is 2. The molecule has 5 aromatic heterocycles. The number of ether oxygens (including phenoxy) is 1. The van der Waals surface area contributed by atoms with Crippen LogP contribution in [0.4, 0.5) is 8.78 Å². The summed E-state index contributed by atoms with van der Waals surface area (Å²) in [7, 11) is 1.72. The minimum atomic E-state index is -0.920. The number of H-pyrrole nitrogens is 1. The van der Waals surface area contributed by atoms with Crippen LogP contribution >= 0.6 is 0 Å². The summed E-state index contributed by atoms with van der Waals surface area (Å²) in [5.41, 5.74) is 2.80. The third kappa shape index (κ3) is 7.19. The number of amides is 2. The van der Waals surface area contributed by atoms with Crippen molar-refractivity contribution in [2.75, 3.05) is 26.2 Å². The largest absolute Gasteiger partial charge is 0.438 e. The Labute approximate surface area is 429 Å². The molecule has 1 spiro atoms. The van der Waals surface area contributed by atoms with E-state index in [-0.39, 0.29) is 58.6 Å². The van der Waals surface area contributed by atoms with Gasteiger partial charge in [-0.1, -0.05) is 18.1 Å². The number of rotatable bonds is 8. The van der Waals surface area contributed by atoms with E-state index in [1.54, 1.807) is 60.7 Å². The highest BCUT2D eigenvalue weighted by Crippen LogP contribution is 2.57. The molecule has 8 aromatic rings. The second-order valence-electron chi connectivity index (χ2n) is 22.8. The summed E-state index contributed by atoms with van der Waals surface area (Å²) >= 11 is 0. The zero-order valence-electron chi connectivity index (χ0n) is 43.1. The molecule has 0 bridgehead atoms. The number of fused-ring (bicyclic) bond motifs is 4. The van der Waals surface area contributed by atoms with Crippen LogP contribution in [0.2, 0.25) is 0 Å². The zero-order valence-corrected chi connectivity index (χ0v) is 43.1. The van der Waals surface area contributed by atoms with Gasteiger partial charge in [-0.3, -0.25) is 32.9 Å². The van der Waals surface area contributed by atoms with E-state index in [1.807, 2.05) is 27.4 Å². The van der Waals surface area contributed by atoms with Crippen molar-refractivity contribution in [2.45, 2.75) is 115 Å². The molecule has 13 rings (SSSR count). The molecule has 388 valence electrons. The predicted octanol–water partition coefficient (Wildman–Crippen LogP) is 8.17. The Balaban J connectivity index is 1.01. The van der Waals surface area contributed by atoms with Gasteiger partial charge in [-0.15, -0.1) is 0 Å². The summed E-state index contributed by atoms with van der Waals surface area (Å²) in [6, 6.07) is 14.3. The summed E-state index contributed by atoms with van der Waals surface area (Å²) in [4.78, 5) is 64.6. The molecule has 0 unspecified atom stereocenters. The molecule has 4 fully saturated rings. The fourth-order valence-electron chi connectivity index (χ4n) is 13.1. The predicted molar refractivity (Wildman–Crippen MR) is 274 cm³/mol. The van der Waals surface area contributed by atoms with Crippen LogP contribution in [0.5, 0.6) is 0 Å². The van der Waals surface area contributed by atoms with Crippen molar-refractivity contribution in [3.05, 3.63) is 139 Å². The van der Waals surface area contributed by atoms with E-state index in [9.17, 15) is 9.59 Å². The first-order chi connectivity index (χ1) is 35.9. The minimum absolute atomic E-state index is 0.0200. The van der Waals surface area contributed by atoms with Crippen LogP contribution in [-0.2, 0) is 27.5 Å². The number of carbonyl (C=O) groups excluding carboxylic acids is 2. The third-order valence-electron chi connectivity index (χ3n) is 17.5. The number of carbonyl (C=O) groups is 2. The highest BCUT2D eigenvalue weighted by Gasteiger charge is 2.60. The first-order valence-electron chi connectivity index (χ1n) is 26.2. The third-order valence-corrected chi connectivity index (χ3v) is 17.5. The monoisotopic (exact) mass is 1020 g/mol. The number of aryl methyl sites for hydroxylation is 3. The summed E-state index contributed by atoms with van der Waals surface area (Å²) < 4.78 is 51.2. The lowest BCUT2D eigenvalue weighted by molar-refractivity contribution is -0.134. The summed E-state index contributed by atoms with van der Waals surface area (Å²) in [6.07, 6.45) is 9.46. The van der Waals surface area contributed by atoms with Crippen LogP contribution in [0, 0.1) is 37.3 Å². The quantitative estimate of drug-likeness (QED) is 0.157. The van der Waals surface area contributed by atoms with E-state index in [2.05, 4.69) is 54.2 Å². The van der Waals surface area contributed by atoms with E-state index in [0.29, 0.717) is 89.9 Å². The SMILES string of the molecule is Cc1cc(-n2nc3c(c2-n2ccn(-c4ccc5c(cnn5C)c4F)c2=O)[C@H](C)N(C(=O)c2cc4cc([C@H]5CCOC(C)(C)C5)ccc4n2[C@@]2(c4noc(=O)[nH]4)C[C@@H]2C)CC32CCN(C(=O)C3CC3)CC2)cc(C)c1F. The molecule has 19 heteroatoms. The van der Waals surface area contributed by atoms with Gasteiger partial charge in [0.15, 0.2) is 11.6 Å². The second kappa shape index (κ2) is 16.5. The number of nitrogens with zero attached hydrogens (tertiary/aromatic N) is 10. The normalized spacial score (nSPS) is 23.1. The Bertz CT molecular complexity index is 3800. The van der Waals surface area contributed by atoms with Crippen LogP contribution in [-0.4, -0.2) is 96.9 Å². The Morgan fingerprint density at radius 1 is 0.880 bits per heavy atom. The van der Waals surface area contributed by atoms with Crippen molar-refractivity contribution in [1.82, 2.24) is 53.2 Å². The van der Waals surface area contributed by atoms with Gasteiger partial charge in [0, 0.05) is 73.5 Å². The summed E-state index contributed by atoms with van der Waals surface area (Å²) in [6.45, 7) is 13.3. The molecule has 2 aliphatic carbocycles. The van der Waals surface area contributed by atoms with Gasteiger partial charge in [0.2, 0.25) is 5.91 Å². The van der Waals surface area contributed by atoms with Gasteiger partial charge < -0.3 is 19.1 Å². The molecule has 1 N–H and O–H groups in total. The van der Waals surface area contributed by atoms with Crippen molar-refractivity contribution in [3.63, 3.8) is 0 Å². The van der Waals surface area contributed by atoms with Crippen molar-refractivity contribution < 1.29 is 27.6 Å². The fourth-order valence-corrected chi connectivity index (χ4v) is 13.1. The molecule has 2 amide bonds. The molecule has 5 aliphatic rings. The molecular weight excluding hydrogens is 961 g/mol. The van der Waals surface area contributed by atoms with Crippen molar-refractivity contribution in [1.29, 1.82) is 0 Å². The number of nitrogens with one attached hydrogen (secondary N) is 1. The van der Waals surface area contributed by atoms with Crippen LogP contribution in [0.15, 0.2) is 81.2 Å². The molecule has 3 aromatic carbocycles. The molecular formula is C56H59F2N11O6. The van der Waals surface area contributed by atoms with Gasteiger partial charge in [-0.05, 0) is 151 Å². The number of hydrogen-bond donors (Lipinski definition) is 1. The molecule has 75 heavy (non-hydrogen) atoms. The van der Waals surface area contributed by atoms with Gasteiger partial charge in [0.1, 0.15) is 22.9 Å². The molecule has 2 saturated carbocycles. The summed E-state index contributed by atoms with van der Waals surface area (Å²) in [5, 5.41) is 15.1.